The first-order valence-electron chi connectivity index (χ1n) is 10.7. The number of carboxylic acids is 1. The van der Waals surface area contributed by atoms with Crippen molar-refractivity contribution in [1.29, 1.82) is 0 Å². The maximum Gasteiger partial charge on any atom is 0.303 e. The van der Waals surface area contributed by atoms with E-state index in [4.69, 9.17) is 9.84 Å². The molecule has 4 rings (SSSR count). The Morgan fingerprint density at radius 3 is 2.65 bits per heavy atom. The summed E-state index contributed by atoms with van der Waals surface area (Å²) < 4.78 is 49.3. The lowest BCUT2D eigenvalue weighted by atomic mass is 9.95. The smallest absolute Gasteiger partial charge is 0.303 e. The van der Waals surface area contributed by atoms with Crippen molar-refractivity contribution in [3.63, 3.8) is 0 Å². The van der Waals surface area contributed by atoms with Crippen LogP contribution in [-0.2, 0) is 17.1 Å². The molecule has 164 valence electrons. The Morgan fingerprint density at radius 2 is 1.94 bits per heavy atom. The lowest BCUT2D eigenvalue weighted by Crippen LogP contribution is -2.19. The highest BCUT2D eigenvalue weighted by molar-refractivity contribution is 5.71. The SMILES string of the molecule is O=C(O)CCc1ccc(OCC2=C(c3cccc(F)c3)CCC2)cc1C(F)(F)C1CC1. The predicted octanol–water partition coefficient (Wildman–Crippen LogP) is 6.36. The first kappa shape index (κ1) is 21.5. The van der Waals surface area contributed by atoms with Crippen LogP contribution in [0.5, 0.6) is 5.75 Å². The van der Waals surface area contributed by atoms with E-state index < -0.39 is 17.8 Å². The molecule has 0 aromatic heterocycles. The first-order valence-corrected chi connectivity index (χ1v) is 10.7. The number of carbonyl (C=O) groups is 1. The molecule has 31 heavy (non-hydrogen) atoms. The molecule has 0 atom stereocenters. The van der Waals surface area contributed by atoms with Gasteiger partial charge in [0.05, 0.1) is 0 Å². The zero-order valence-electron chi connectivity index (χ0n) is 17.2. The predicted molar refractivity (Wildman–Crippen MR) is 112 cm³/mol. The van der Waals surface area contributed by atoms with Crippen LogP contribution in [0.15, 0.2) is 48.0 Å². The monoisotopic (exact) mass is 430 g/mol. The van der Waals surface area contributed by atoms with Crippen molar-refractivity contribution in [2.24, 2.45) is 5.92 Å². The van der Waals surface area contributed by atoms with E-state index in [-0.39, 0.29) is 30.8 Å². The number of hydrogen-bond acceptors (Lipinski definition) is 2. The number of halogens is 3. The van der Waals surface area contributed by atoms with Gasteiger partial charge in [-0.3, -0.25) is 4.79 Å². The number of alkyl halides is 2. The van der Waals surface area contributed by atoms with Crippen molar-refractivity contribution in [1.82, 2.24) is 0 Å². The van der Waals surface area contributed by atoms with Crippen LogP contribution in [0, 0.1) is 11.7 Å². The fourth-order valence-corrected chi connectivity index (χ4v) is 4.24. The minimum absolute atomic E-state index is 0.0577. The highest BCUT2D eigenvalue weighted by Gasteiger charge is 2.49. The van der Waals surface area contributed by atoms with Gasteiger partial charge in [0.15, 0.2) is 0 Å². The van der Waals surface area contributed by atoms with Crippen molar-refractivity contribution >= 4 is 11.5 Å². The van der Waals surface area contributed by atoms with E-state index in [0.717, 1.165) is 36.0 Å². The summed E-state index contributed by atoms with van der Waals surface area (Å²) in [5.41, 5.74) is 3.17. The van der Waals surface area contributed by atoms with Gasteiger partial charge in [-0.1, -0.05) is 18.2 Å². The van der Waals surface area contributed by atoms with E-state index in [1.807, 2.05) is 6.07 Å². The molecule has 1 fully saturated rings. The van der Waals surface area contributed by atoms with Crippen LogP contribution in [0.25, 0.3) is 5.57 Å². The average Bonchev–Trinajstić information content (AvgIpc) is 3.50. The number of allylic oxidation sites excluding steroid dienone is 1. The van der Waals surface area contributed by atoms with Crippen LogP contribution < -0.4 is 4.74 Å². The molecule has 2 aromatic rings. The number of hydrogen-bond donors (Lipinski definition) is 1. The molecular formula is C25H25F3O3. The Hall–Kier alpha value is -2.76. The molecule has 0 radical (unpaired) electrons. The Labute approximate surface area is 179 Å². The summed E-state index contributed by atoms with van der Waals surface area (Å²) in [5, 5.41) is 8.95. The van der Waals surface area contributed by atoms with Crippen LogP contribution in [0.4, 0.5) is 13.2 Å². The fourth-order valence-electron chi connectivity index (χ4n) is 4.24. The van der Waals surface area contributed by atoms with E-state index >= 15 is 0 Å². The molecule has 0 bridgehead atoms. The van der Waals surface area contributed by atoms with Gasteiger partial charge in [-0.05, 0) is 85.1 Å². The third-order valence-electron chi connectivity index (χ3n) is 6.06. The molecule has 0 aliphatic heterocycles. The quantitative estimate of drug-likeness (QED) is 0.503. The van der Waals surface area contributed by atoms with Crippen molar-refractivity contribution < 1.29 is 27.8 Å². The summed E-state index contributed by atoms with van der Waals surface area (Å²) in [4.78, 5) is 10.9. The Balaban J connectivity index is 1.55. The highest BCUT2D eigenvalue weighted by Crippen LogP contribution is 2.51. The second-order valence-corrected chi connectivity index (χ2v) is 8.34. The molecule has 2 aliphatic rings. The minimum atomic E-state index is -2.99. The van der Waals surface area contributed by atoms with Gasteiger partial charge in [-0.15, -0.1) is 0 Å². The van der Waals surface area contributed by atoms with Gasteiger partial charge in [-0.25, -0.2) is 13.2 Å². The average molecular weight is 430 g/mol. The largest absolute Gasteiger partial charge is 0.489 e. The van der Waals surface area contributed by atoms with Gasteiger partial charge in [0.25, 0.3) is 5.92 Å². The molecule has 1 N–H and O–H groups in total. The number of aryl methyl sites for hydroxylation is 1. The van der Waals surface area contributed by atoms with Crippen LogP contribution in [0.1, 0.15) is 55.2 Å². The number of carboxylic acid groups (broad SMARTS) is 1. The van der Waals surface area contributed by atoms with E-state index in [1.165, 1.54) is 18.2 Å². The first-order chi connectivity index (χ1) is 14.8. The summed E-state index contributed by atoms with van der Waals surface area (Å²) >= 11 is 0. The molecule has 1 saturated carbocycles. The second-order valence-electron chi connectivity index (χ2n) is 8.34. The number of benzene rings is 2. The molecule has 0 spiro atoms. The van der Waals surface area contributed by atoms with Crippen LogP contribution in [0.3, 0.4) is 0 Å². The number of ether oxygens (including phenoxy) is 1. The molecular weight excluding hydrogens is 405 g/mol. The van der Waals surface area contributed by atoms with Crippen molar-refractivity contribution in [3.8, 4) is 5.75 Å². The zero-order chi connectivity index (χ0) is 22.0. The molecule has 2 aromatic carbocycles. The topological polar surface area (TPSA) is 46.5 Å². The van der Waals surface area contributed by atoms with Crippen LogP contribution in [0.2, 0.25) is 0 Å². The molecule has 3 nitrogen and oxygen atoms in total. The number of aliphatic carboxylic acids is 1. The summed E-state index contributed by atoms with van der Waals surface area (Å²) in [6, 6.07) is 11.0. The van der Waals surface area contributed by atoms with Crippen LogP contribution >= 0.6 is 0 Å². The van der Waals surface area contributed by atoms with E-state index in [0.29, 0.717) is 24.2 Å². The zero-order valence-corrected chi connectivity index (χ0v) is 17.2. The maximum absolute atomic E-state index is 14.9. The maximum atomic E-state index is 14.9. The summed E-state index contributed by atoms with van der Waals surface area (Å²) in [5.74, 6) is -4.65. The van der Waals surface area contributed by atoms with Gasteiger partial charge in [0.1, 0.15) is 18.2 Å². The summed E-state index contributed by atoms with van der Waals surface area (Å²) in [7, 11) is 0. The third-order valence-corrected chi connectivity index (χ3v) is 6.06. The third kappa shape index (κ3) is 4.94. The van der Waals surface area contributed by atoms with Crippen molar-refractivity contribution in [3.05, 3.63) is 70.5 Å². The van der Waals surface area contributed by atoms with Gasteiger partial charge in [0.2, 0.25) is 0 Å². The normalized spacial score (nSPS) is 16.6. The minimum Gasteiger partial charge on any atom is -0.489 e. The fraction of sp³-hybridized carbons (Fsp3) is 0.400. The molecule has 2 aliphatic carbocycles. The highest BCUT2D eigenvalue weighted by atomic mass is 19.3. The van der Waals surface area contributed by atoms with E-state index in [9.17, 15) is 18.0 Å². The Bertz CT molecular complexity index is 1010. The van der Waals surface area contributed by atoms with Gasteiger partial charge in [-0.2, -0.15) is 0 Å². The van der Waals surface area contributed by atoms with Crippen molar-refractivity contribution in [2.75, 3.05) is 6.61 Å². The summed E-state index contributed by atoms with van der Waals surface area (Å²) in [6.07, 6.45) is 3.42. The second kappa shape index (κ2) is 8.77. The van der Waals surface area contributed by atoms with E-state index in [2.05, 4.69) is 0 Å². The molecule has 0 amide bonds. The Kier molecular flexibility index (Phi) is 6.08. The van der Waals surface area contributed by atoms with Crippen molar-refractivity contribution in [2.45, 2.75) is 50.9 Å². The number of rotatable bonds is 9. The van der Waals surface area contributed by atoms with Gasteiger partial charge >= 0.3 is 5.97 Å². The van der Waals surface area contributed by atoms with Gasteiger partial charge < -0.3 is 9.84 Å². The molecule has 0 heterocycles. The Morgan fingerprint density at radius 1 is 1.13 bits per heavy atom. The molecule has 6 heteroatoms. The van der Waals surface area contributed by atoms with E-state index in [1.54, 1.807) is 18.2 Å². The van der Waals surface area contributed by atoms with Crippen LogP contribution in [-0.4, -0.2) is 17.7 Å². The summed E-state index contributed by atoms with van der Waals surface area (Å²) in [6.45, 7) is 0.259. The molecule has 0 saturated heterocycles. The van der Waals surface area contributed by atoms with Gasteiger partial charge in [0, 0.05) is 17.9 Å². The lowest BCUT2D eigenvalue weighted by Gasteiger charge is -2.21. The molecule has 0 unspecified atom stereocenters. The lowest BCUT2D eigenvalue weighted by molar-refractivity contribution is -0.137. The standard InChI is InChI=1S/C25H25F3O3/c26-20-5-1-3-17(13-20)22-6-2-4-18(22)15-31-21-11-7-16(8-12-24(29)30)23(14-21)25(27,28)19-9-10-19/h1,3,5,7,11,13-14,19H,2,4,6,8-10,12,15H2,(H,29,30).